The van der Waals surface area contributed by atoms with Crippen LogP contribution in [0.1, 0.15) is 31.9 Å². The number of hydrogen-bond acceptors (Lipinski definition) is 3. The molecule has 21 heavy (non-hydrogen) atoms. The Bertz CT molecular complexity index is 582. The van der Waals surface area contributed by atoms with Gasteiger partial charge in [-0.2, -0.15) is 0 Å². The van der Waals surface area contributed by atoms with Gasteiger partial charge in [0.05, 0.1) is 6.61 Å². The molecule has 2 N–H and O–H groups in total. The van der Waals surface area contributed by atoms with E-state index >= 15 is 0 Å². The van der Waals surface area contributed by atoms with Gasteiger partial charge in [0, 0.05) is 6.04 Å². The van der Waals surface area contributed by atoms with E-state index in [1.807, 2.05) is 13.8 Å². The smallest absolute Gasteiger partial charge is 0.166 e. The van der Waals surface area contributed by atoms with Crippen LogP contribution in [0, 0.1) is 5.82 Å². The van der Waals surface area contributed by atoms with E-state index in [-0.39, 0.29) is 11.8 Å². The van der Waals surface area contributed by atoms with E-state index in [2.05, 4.69) is 0 Å². The fourth-order valence-electron chi connectivity index (χ4n) is 1.83. The van der Waals surface area contributed by atoms with Crippen molar-refractivity contribution < 1.29 is 13.9 Å². The topological polar surface area (TPSA) is 44.5 Å². The molecule has 2 rings (SSSR count). The van der Waals surface area contributed by atoms with E-state index in [0.29, 0.717) is 12.4 Å². The van der Waals surface area contributed by atoms with Crippen LogP contribution >= 0.6 is 0 Å². The zero-order chi connectivity index (χ0) is 15.2. The largest absolute Gasteiger partial charge is 0.494 e. The van der Waals surface area contributed by atoms with Crippen molar-refractivity contribution in [2.24, 2.45) is 5.73 Å². The average molecular weight is 289 g/mol. The number of hydrogen-bond donors (Lipinski definition) is 1. The number of nitrogens with two attached hydrogens (primary N) is 1. The highest BCUT2D eigenvalue weighted by atomic mass is 19.1. The van der Waals surface area contributed by atoms with Crippen molar-refractivity contribution in [1.82, 2.24) is 0 Å². The molecule has 0 aliphatic heterocycles. The molecule has 4 heteroatoms. The van der Waals surface area contributed by atoms with E-state index in [1.165, 1.54) is 6.07 Å². The molecule has 2 aromatic rings. The minimum atomic E-state index is -0.420. The van der Waals surface area contributed by atoms with Crippen LogP contribution in [0.25, 0.3) is 0 Å². The Hall–Kier alpha value is -2.07. The summed E-state index contributed by atoms with van der Waals surface area (Å²) in [6, 6.07) is 11.7. The summed E-state index contributed by atoms with van der Waals surface area (Å²) in [5.74, 6) is 1.10. The van der Waals surface area contributed by atoms with Gasteiger partial charge in [0.15, 0.2) is 11.6 Å². The Kier molecular flexibility index (Phi) is 5.17. The van der Waals surface area contributed by atoms with Crippen molar-refractivity contribution in [3.05, 3.63) is 53.8 Å². The maximum Gasteiger partial charge on any atom is 0.166 e. The van der Waals surface area contributed by atoms with Crippen molar-refractivity contribution in [2.45, 2.75) is 26.3 Å². The van der Waals surface area contributed by atoms with Gasteiger partial charge in [0.2, 0.25) is 0 Å². The second-order valence-electron chi connectivity index (χ2n) is 4.90. The normalized spacial score (nSPS) is 12.0. The minimum Gasteiger partial charge on any atom is -0.494 e. The van der Waals surface area contributed by atoms with Gasteiger partial charge in [-0.15, -0.1) is 0 Å². The monoisotopic (exact) mass is 289 g/mol. The van der Waals surface area contributed by atoms with Crippen LogP contribution in [-0.4, -0.2) is 6.61 Å². The summed E-state index contributed by atoms with van der Waals surface area (Å²) in [5.41, 5.74) is 6.46. The van der Waals surface area contributed by atoms with Crippen LogP contribution in [-0.2, 0) is 0 Å². The van der Waals surface area contributed by atoms with E-state index in [9.17, 15) is 4.39 Å². The summed E-state index contributed by atoms with van der Waals surface area (Å²) in [4.78, 5) is 0. The molecule has 0 saturated heterocycles. The summed E-state index contributed by atoms with van der Waals surface area (Å²) >= 11 is 0. The Balaban J connectivity index is 2.07. The lowest BCUT2D eigenvalue weighted by atomic mass is 10.1. The number of rotatable bonds is 6. The molecule has 0 bridgehead atoms. The fourth-order valence-corrected chi connectivity index (χ4v) is 1.83. The molecule has 0 unspecified atom stereocenters. The van der Waals surface area contributed by atoms with Gasteiger partial charge in [-0.05, 0) is 55.3 Å². The molecule has 0 radical (unpaired) electrons. The van der Waals surface area contributed by atoms with Crippen molar-refractivity contribution in [3.63, 3.8) is 0 Å². The quantitative estimate of drug-likeness (QED) is 0.855. The number of benzene rings is 2. The van der Waals surface area contributed by atoms with Gasteiger partial charge >= 0.3 is 0 Å². The number of halogens is 1. The lowest BCUT2D eigenvalue weighted by Gasteiger charge is -2.11. The van der Waals surface area contributed by atoms with E-state index in [4.69, 9.17) is 15.2 Å². The molecule has 0 amide bonds. The van der Waals surface area contributed by atoms with E-state index in [1.54, 1.807) is 36.4 Å². The molecule has 2 aromatic carbocycles. The Labute approximate surface area is 124 Å². The SMILES string of the molecule is CCCOc1ccc(Oc2ccc([C@@H](C)N)cc2F)cc1. The third-order valence-electron chi connectivity index (χ3n) is 3.01. The highest BCUT2D eigenvalue weighted by molar-refractivity contribution is 5.37. The molecule has 3 nitrogen and oxygen atoms in total. The van der Waals surface area contributed by atoms with Crippen LogP contribution in [0.3, 0.4) is 0 Å². The zero-order valence-corrected chi connectivity index (χ0v) is 12.3. The maximum absolute atomic E-state index is 13.9. The summed E-state index contributed by atoms with van der Waals surface area (Å²) in [6.45, 7) is 4.53. The molecule has 0 fully saturated rings. The van der Waals surface area contributed by atoms with Gasteiger partial charge < -0.3 is 15.2 Å². The molecule has 0 spiro atoms. The molecule has 1 atom stereocenters. The predicted molar refractivity (Wildman–Crippen MR) is 81.3 cm³/mol. The first-order chi connectivity index (χ1) is 10.1. The molecule has 0 aliphatic rings. The van der Waals surface area contributed by atoms with Gasteiger partial charge in [-0.1, -0.05) is 13.0 Å². The summed E-state index contributed by atoms with van der Waals surface area (Å²) in [5, 5.41) is 0. The van der Waals surface area contributed by atoms with Crippen molar-refractivity contribution in [3.8, 4) is 17.2 Å². The van der Waals surface area contributed by atoms with Gasteiger partial charge in [-0.25, -0.2) is 4.39 Å². The van der Waals surface area contributed by atoms with Crippen LogP contribution in [0.5, 0.6) is 17.2 Å². The second-order valence-corrected chi connectivity index (χ2v) is 4.90. The fraction of sp³-hybridized carbons (Fsp3) is 0.294. The standard InChI is InChI=1S/C17H20FNO2/c1-3-10-20-14-5-7-15(8-6-14)21-17-9-4-13(12(2)19)11-16(17)18/h4-9,11-12H,3,10,19H2,1-2H3/t12-/m1/s1. The Morgan fingerprint density at radius 1 is 1.10 bits per heavy atom. The lowest BCUT2D eigenvalue weighted by Crippen LogP contribution is -2.05. The predicted octanol–water partition coefficient (Wildman–Crippen LogP) is 4.43. The third kappa shape index (κ3) is 4.20. The second kappa shape index (κ2) is 7.09. The first kappa shape index (κ1) is 15.3. The maximum atomic E-state index is 13.9. The highest BCUT2D eigenvalue weighted by Gasteiger charge is 2.08. The first-order valence-corrected chi connectivity index (χ1v) is 7.06. The van der Waals surface area contributed by atoms with Crippen LogP contribution in [0.2, 0.25) is 0 Å². The molecule has 112 valence electrons. The molecule has 0 aliphatic carbocycles. The average Bonchev–Trinajstić information content (AvgIpc) is 2.48. The van der Waals surface area contributed by atoms with Gasteiger partial charge in [-0.3, -0.25) is 0 Å². The number of ether oxygens (including phenoxy) is 2. The van der Waals surface area contributed by atoms with Crippen LogP contribution in [0.15, 0.2) is 42.5 Å². The van der Waals surface area contributed by atoms with Gasteiger partial charge in [0.25, 0.3) is 0 Å². The van der Waals surface area contributed by atoms with Crippen molar-refractivity contribution in [2.75, 3.05) is 6.61 Å². The molecule has 0 aromatic heterocycles. The first-order valence-electron chi connectivity index (χ1n) is 7.06. The third-order valence-corrected chi connectivity index (χ3v) is 3.01. The molecule has 0 heterocycles. The lowest BCUT2D eigenvalue weighted by molar-refractivity contribution is 0.317. The molecule has 0 saturated carbocycles. The molecular formula is C17H20FNO2. The Morgan fingerprint density at radius 3 is 2.33 bits per heavy atom. The van der Waals surface area contributed by atoms with Crippen LogP contribution < -0.4 is 15.2 Å². The van der Waals surface area contributed by atoms with Crippen LogP contribution in [0.4, 0.5) is 4.39 Å². The molecular weight excluding hydrogens is 269 g/mol. The zero-order valence-electron chi connectivity index (χ0n) is 12.3. The summed E-state index contributed by atoms with van der Waals surface area (Å²) in [7, 11) is 0. The van der Waals surface area contributed by atoms with Crippen molar-refractivity contribution in [1.29, 1.82) is 0 Å². The van der Waals surface area contributed by atoms with E-state index in [0.717, 1.165) is 17.7 Å². The van der Waals surface area contributed by atoms with E-state index < -0.39 is 5.82 Å². The highest BCUT2D eigenvalue weighted by Crippen LogP contribution is 2.27. The summed E-state index contributed by atoms with van der Waals surface area (Å²) in [6.07, 6.45) is 0.954. The van der Waals surface area contributed by atoms with Gasteiger partial charge in [0.1, 0.15) is 11.5 Å². The summed E-state index contributed by atoms with van der Waals surface area (Å²) < 4.78 is 25.0. The van der Waals surface area contributed by atoms with Crippen molar-refractivity contribution >= 4 is 0 Å². The minimum absolute atomic E-state index is 0.182. The Morgan fingerprint density at radius 2 is 1.76 bits per heavy atom.